The molecular weight excluding hydrogens is 234 g/mol. The van der Waals surface area contributed by atoms with E-state index in [1.54, 1.807) is 0 Å². The molecule has 2 atom stereocenters. The number of piperidine rings is 1. The molecule has 0 aromatic carbocycles. The van der Waals surface area contributed by atoms with Gasteiger partial charge in [-0.05, 0) is 39.5 Å². The molecule has 17 heavy (non-hydrogen) atoms. The van der Waals surface area contributed by atoms with Gasteiger partial charge in [-0.15, -0.1) is 0 Å². The van der Waals surface area contributed by atoms with Crippen molar-refractivity contribution in [2.45, 2.75) is 46.6 Å². The van der Waals surface area contributed by atoms with Gasteiger partial charge in [-0.25, -0.2) is 9.97 Å². The largest absolute Gasteiger partial charge is 0.351 e. The Labute approximate surface area is 108 Å². The van der Waals surface area contributed by atoms with E-state index in [2.05, 4.69) is 28.7 Å². The fraction of sp³-hybridized carbons (Fsp3) is 0.692. The van der Waals surface area contributed by atoms with Gasteiger partial charge in [0.25, 0.3) is 0 Å². The highest BCUT2D eigenvalue weighted by Crippen LogP contribution is 2.30. The molecule has 94 valence electrons. The van der Waals surface area contributed by atoms with Crippen molar-refractivity contribution in [2.75, 3.05) is 11.4 Å². The van der Waals surface area contributed by atoms with Crippen LogP contribution in [0.25, 0.3) is 0 Å². The van der Waals surface area contributed by atoms with Crippen molar-refractivity contribution in [3.8, 4) is 0 Å². The van der Waals surface area contributed by atoms with Crippen molar-refractivity contribution >= 4 is 17.4 Å². The minimum Gasteiger partial charge on any atom is -0.351 e. The minimum atomic E-state index is 0.500. The van der Waals surface area contributed by atoms with E-state index < -0.39 is 0 Å². The maximum atomic E-state index is 6.23. The van der Waals surface area contributed by atoms with Crippen molar-refractivity contribution in [3.63, 3.8) is 0 Å². The molecule has 0 spiro atoms. The Balaban J connectivity index is 2.35. The van der Waals surface area contributed by atoms with Gasteiger partial charge in [-0.1, -0.05) is 18.5 Å². The molecule has 0 amide bonds. The molecule has 1 fully saturated rings. The lowest BCUT2D eigenvalue weighted by molar-refractivity contribution is 0.387. The van der Waals surface area contributed by atoms with Gasteiger partial charge < -0.3 is 4.90 Å². The Bertz CT molecular complexity index is 419. The maximum Gasteiger partial charge on any atom is 0.171 e. The number of nitrogens with zero attached hydrogens (tertiary/aromatic N) is 3. The zero-order valence-corrected chi connectivity index (χ0v) is 11.8. The van der Waals surface area contributed by atoms with Gasteiger partial charge in [0.2, 0.25) is 0 Å². The molecule has 0 saturated carbocycles. The number of aryl methyl sites for hydroxylation is 2. The van der Waals surface area contributed by atoms with E-state index in [-0.39, 0.29) is 0 Å². The monoisotopic (exact) mass is 253 g/mol. The number of aromatic nitrogens is 2. The summed E-state index contributed by atoms with van der Waals surface area (Å²) in [6.45, 7) is 9.47. The van der Waals surface area contributed by atoms with Crippen LogP contribution >= 0.6 is 11.6 Å². The van der Waals surface area contributed by atoms with Crippen LogP contribution in [-0.4, -0.2) is 22.6 Å². The second-order valence-corrected chi connectivity index (χ2v) is 5.55. The lowest BCUT2D eigenvalue weighted by atomic mass is 9.95. The van der Waals surface area contributed by atoms with E-state index in [1.165, 1.54) is 12.8 Å². The molecule has 1 saturated heterocycles. The van der Waals surface area contributed by atoms with Crippen LogP contribution in [0.4, 0.5) is 5.82 Å². The zero-order chi connectivity index (χ0) is 12.6. The minimum absolute atomic E-state index is 0.500. The Morgan fingerprint density at radius 1 is 1.12 bits per heavy atom. The Hall–Kier alpha value is -0.830. The summed E-state index contributed by atoms with van der Waals surface area (Å²) in [4.78, 5) is 11.3. The molecule has 0 aliphatic carbocycles. The molecule has 0 N–H and O–H groups in total. The molecule has 2 unspecified atom stereocenters. The number of halogens is 1. The van der Waals surface area contributed by atoms with Crippen molar-refractivity contribution < 1.29 is 0 Å². The van der Waals surface area contributed by atoms with Gasteiger partial charge in [0, 0.05) is 12.6 Å². The van der Waals surface area contributed by atoms with Crippen molar-refractivity contribution in [1.29, 1.82) is 0 Å². The van der Waals surface area contributed by atoms with Crippen LogP contribution in [0.1, 0.15) is 38.1 Å². The first-order chi connectivity index (χ1) is 7.99. The summed E-state index contributed by atoms with van der Waals surface area (Å²) in [5.41, 5.74) is 1.88. The fourth-order valence-electron chi connectivity index (χ4n) is 2.33. The van der Waals surface area contributed by atoms with E-state index in [4.69, 9.17) is 11.6 Å². The highest BCUT2D eigenvalue weighted by Gasteiger charge is 2.26. The quantitative estimate of drug-likeness (QED) is 0.768. The first-order valence-corrected chi connectivity index (χ1v) is 6.64. The lowest BCUT2D eigenvalue weighted by Crippen LogP contribution is -2.42. The Morgan fingerprint density at radius 3 is 2.47 bits per heavy atom. The maximum absolute atomic E-state index is 6.23. The van der Waals surface area contributed by atoms with E-state index in [9.17, 15) is 0 Å². The van der Waals surface area contributed by atoms with Gasteiger partial charge in [-0.3, -0.25) is 0 Å². The molecule has 0 bridgehead atoms. The topological polar surface area (TPSA) is 29.0 Å². The van der Waals surface area contributed by atoms with Gasteiger partial charge in [0.1, 0.15) is 0 Å². The smallest absolute Gasteiger partial charge is 0.171 e. The average molecular weight is 254 g/mol. The summed E-state index contributed by atoms with van der Waals surface area (Å²) in [6, 6.07) is 0.500. The van der Waals surface area contributed by atoms with Gasteiger partial charge in [0.15, 0.2) is 11.0 Å². The Kier molecular flexibility index (Phi) is 3.57. The third kappa shape index (κ3) is 2.54. The zero-order valence-electron chi connectivity index (χ0n) is 11.0. The second-order valence-electron chi connectivity index (χ2n) is 5.19. The number of rotatable bonds is 1. The van der Waals surface area contributed by atoms with Crippen LogP contribution in [0.3, 0.4) is 0 Å². The van der Waals surface area contributed by atoms with Gasteiger partial charge in [0.05, 0.1) is 11.4 Å². The first-order valence-electron chi connectivity index (χ1n) is 6.26. The van der Waals surface area contributed by atoms with Crippen molar-refractivity contribution in [1.82, 2.24) is 9.97 Å². The summed E-state index contributed by atoms with van der Waals surface area (Å²) < 4.78 is 0. The number of anilines is 1. The standard InChI is InChI=1S/C13H20ClN3/c1-8-5-6-9(2)17(7-8)13-12(14)15-10(3)11(4)16-13/h8-9H,5-7H2,1-4H3. The van der Waals surface area contributed by atoms with Crippen LogP contribution in [0.2, 0.25) is 5.15 Å². The molecular formula is C13H20ClN3. The van der Waals surface area contributed by atoms with E-state index in [0.717, 1.165) is 23.8 Å². The number of hydrogen-bond donors (Lipinski definition) is 0. The third-order valence-electron chi connectivity index (χ3n) is 3.64. The van der Waals surface area contributed by atoms with Crippen LogP contribution < -0.4 is 4.90 Å². The predicted octanol–water partition coefficient (Wildman–Crippen LogP) is 3.37. The first kappa shape index (κ1) is 12.6. The second kappa shape index (κ2) is 4.81. The Morgan fingerprint density at radius 2 is 1.76 bits per heavy atom. The molecule has 1 aliphatic heterocycles. The summed E-state index contributed by atoms with van der Waals surface area (Å²) in [5.74, 6) is 1.56. The molecule has 1 aromatic rings. The third-order valence-corrected chi connectivity index (χ3v) is 3.89. The van der Waals surface area contributed by atoms with E-state index in [0.29, 0.717) is 17.1 Å². The van der Waals surface area contributed by atoms with Crippen molar-refractivity contribution in [3.05, 3.63) is 16.5 Å². The van der Waals surface area contributed by atoms with Crippen molar-refractivity contribution in [2.24, 2.45) is 5.92 Å². The van der Waals surface area contributed by atoms with Gasteiger partial charge >= 0.3 is 0 Å². The molecule has 1 aromatic heterocycles. The fourth-order valence-corrected chi connectivity index (χ4v) is 2.61. The normalized spacial score (nSPS) is 25.1. The van der Waals surface area contributed by atoms with Crippen LogP contribution in [0, 0.1) is 19.8 Å². The van der Waals surface area contributed by atoms with Gasteiger partial charge in [-0.2, -0.15) is 0 Å². The van der Waals surface area contributed by atoms with Crippen LogP contribution in [0.15, 0.2) is 0 Å². The molecule has 4 heteroatoms. The number of hydrogen-bond acceptors (Lipinski definition) is 3. The van der Waals surface area contributed by atoms with E-state index >= 15 is 0 Å². The average Bonchev–Trinajstić information content (AvgIpc) is 2.27. The molecule has 0 radical (unpaired) electrons. The SMILES string of the molecule is Cc1nc(Cl)c(N2CC(C)CCC2C)nc1C. The highest BCUT2D eigenvalue weighted by atomic mass is 35.5. The summed E-state index contributed by atoms with van der Waals surface area (Å²) in [7, 11) is 0. The molecule has 2 rings (SSSR count). The summed E-state index contributed by atoms with van der Waals surface area (Å²) in [6.07, 6.45) is 2.49. The van der Waals surface area contributed by atoms with Crippen LogP contribution in [0.5, 0.6) is 0 Å². The predicted molar refractivity (Wildman–Crippen MR) is 71.7 cm³/mol. The van der Waals surface area contributed by atoms with Crippen LogP contribution in [-0.2, 0) is 0 Å². The molecule has 3 nitrogen and oxygen atoms in total. The van der Waals surface area contributed by atoms with E-state index in [1.807, 2.05) is 13.8 Å². The lowest BCUT2D eigenvalue weighted by Gasteiger charge is -2.38. The molecule has 1 aliphatic rings. The highest BCUT2D eigenvalue weighted by molar-refractivity contribution is 6.31. The molecule has 2 heterocycles. The summed E-state index contributed by atoms with van der Waals surface area (Å²) in [5, 5.41) is 0.536. The summed E-state index contributed by atoms with van der Waals surface area (Å²) >= 11 is 6.23.